The molecule has 1 N–H and O–H groups in total. The number of aliphatic hydroxyl groups excluding tert-OH is 1. The SMILES string of the molecule is CCCCCCCCCC(O)c1ccc(F)c(F)c1F. The third kappa shape index (κ3) is 5.16. The summed E-state index contributed by atoms with van der Waals surface area (Å²) in [4.78, 5) is 0. The van der Waals surface area contributed by atoms with Crippen LogP contribution in [0.5, 0.6) is 0 Å². The molecule has 0 aliphatic carbocycles. The van der Waals surface area contributed by atoms with Crippen LogP contribution in [0.4, 0.5) is 13.2 Å². The standard InChI is InChI=1S/C16H23F3O/c1-2-3-4-5-6-7-8-9-14(20)12-10-11-13(17)16(19)15(12)18/h10-11,14,20H,2-9H2,1H3. The van der Waals surface area contributed by atoms with Crippen molar-refractivity contribution in [1.29, 1.82) is 0 Å². The van der Waals surface area contributed by atoms with Crippen molar-refractivity contribution in [3.05, 3.63) is 35.1 Å². The Morgan fingerprint density at radius 2 is 1.50 bits per heavy atom. The molecule has 1 aromatic carbocycles. The zero-order chi connectivity index (χ0) is 15.0. The van der Waals surface area contributed by atoms with Crippen LogP contribution in [-0.4, -0.2) is 5.11 Å². The summed E-state index contributed by atoms with van der Waals surface area (Å²) >= 11 is 0. The van der Waals surface area contributed by atoms with Gasteiger partial charge in [-0.15, -0.1) is 0 Å². The molecule has 1 rings (SSSR count). The number of hydrogen-bond donors (Lipinski definition) is 1. The van der Waals surface area contributed by atoms with Gasteiger partial charge in [0.15, 0.2) is 17.5 Å². The predicted molar refractivity (Wildman–Crippen MR) is 73.9 cm³/mol. The second-order valence-corrected chi connectivity index (χ2v) is 5.19. The van der Waals surface area contributed by atoms with Crippen molar-refractivity contribution in [2.45, 2.75) is 64.4 Å². The van der Waals surface area contributed by atoms with E-state index in [1.807, 2.05) is 0 Å². The molecule has 1 atom stereocenters. The van der Waals surface area contributed by atoms with Gasteiger partial charge in [-0.3, -0.25) is 0 Å². The maximum Gasteiger partial charge on any atom is 0.194 e. The molecule has 1 unspecified atom stereocenters. The number of hydrogen-bond acceptors (Lipinski definition) is 1. The molecule has 0 heterocycles. The molecule has 0 fully saturated rings. The van der Waals surface area contributed by atoms with Crippen molar-refractivity contribution in [3.8, 4) is 0 Å². The molecule has 0 aliphatic heterocycles. The van der Waals surface area contributed by atoms with Gasteiger partial charge in [0, 0.05) is 5.56 Å². The fourth-order valence-electron chi connectivity index (χ4n) is 2.25. The van der Waals surface area contributed by atoms with Crippen molar-refractivity contribution < 1.29 is 18.3 Å². The second kappa shape index (κ2) is 9.01. The first-order valence-corrected chi connectivity index (χ1v) is 7.39. The quantitative estimate of drug-likeness (QED) is 0.484. The molecule has 0 radical (unpaired) electrons. The number of halogens is 3. The maximum absolute atomic E-state index is 13.5. The highest BCUT2D eigenvalue weighted by molar-refractivity contribution is 5.22. The zero-order valence-electron chi connectivity index (χ0n) is 12.0. The van der Waals surface area contributed by atoms with E-state index in [0.29, 0.717) is 6.42 Å². The lowest BCUT2D eigenvalue weighted by Gasteiger charge is -2.12. The number of aliphatic hydroxyl groups is 1. The molecule has 1 aromatic rings. The van der Waals surface area contributed by atoms with Crippen LogP contribution < -0.4 is 0 Å². The molecule has 4 heteroatoms. The molecule has 0 amide bonds. The Bertz CT molecular complexity index is 407. The fourth-order valence-corrected chi connectivity index (χ4v) is 2.25. The summed E-state index contributed by atoms with van der Waals surface area (Å²) in [5, 5.41) is 9.83. The summed E-state index contributed by atoms with van der Waals surface area (Å²) in [6.07, 6.45) is 6.94. The van der Waals surface area contributed by atoms with Crippen LogP contribution in [0.2, 0.25) is 0 Å². The maximum atomic E-state index is 13.5. The molecule has 0 aromatic heterocycles. The summed E-state index contributed by atoms with van der Waals surface area (Å²) in [7, 11) is 0. The Kier molecular flexibility index (Phi) is 7.67. The average Bonchev–Trinajstić information content (AvgIpc) is 2.43. The van der Waals surface area contributed by atoms with Crippen molar-refractivity contribution in [2.75, 3.05) is 0 Å². The van der Waals surface area contributed by atoms with Gasteiger partial charge in [0.05, 0.1) is 6.10 Å². The molecular weight excluding hydrogens is 265 g/mol. The van der Waals surface area contributed by atoms with Crippen molar-refractivity contribution >= 4 is 0 Å². The Morgan fingerprint density at radius 3 is 2.15 bits per heavy atom. The third-order valence-electron chi connectivity index (χ3n) is 3.51. The highest BCUT2D eigenvalue weighted by Crippen LogP contribution is 2.25. The molecule has 0 saturated heterocycles. The monoisotopic (exact) mass is 288 g/mol. The van der Waals surface area contributed by atoms with Crippen molar-refractivity contribution in [3.63, 3.8) is 0 Å². The third-order valence-corrected chi connectivity index (χ3v) is 3.51. The number of unbranched alkanes of at least 4 members (excludes halogenated alkanes) is 6. The molecule has 0 spiro atoms. The van der Waals surface area contributed by atoms with E-state index >= 15 is 0 Å². The molecule has 114 valence electrons. The molecule has 0 saturated carbocycles. The molecule has 0 aliphatic rings. The van der Waals surface area contributed by atoms with Crippen LogP contribution in [0.3, 0.4) is 0 Å². The highest BCUT2D eigenvalue weighted by Gasteiger charge is 2.18. The van der Waals surface area contributed by atoms with Crippen LogP contribution in [0.1, 0.15) is 70.0 Å². The average molecular weight is 288 g/mol. The van der Waals surface area contributed by atoms with Crippen LogP contribution in [0.25, 0.3) is 0 Å². The highest BCUT2D eigenvalue weighted by atomic mass is 19.2. The molecule has 0 bridgehead atoms. The first-order chi connectivity index (χ1) is 9.57. The van der Waals surface area contributed by atoms with Crippen LogP contribution in [0, 0.1) is 17.5 Å². The second-order valence-electron chi connectivity index (χ2n) is 5.19. The van der Waals surface area contributed by atoms with Gasteiger partial charge in [-0.1, -0.05) is 57.9 Å². The largest absolute Gasteiger partial charge is 0.388 e. The smallest absolute Gasteiger partial charge is 0.194 e. The summed E-state index contributed by atoms with van der Waals surface area (Å²) in [5.41, 5.74) is -0.158. The van der Waals surface area contributed by atoms with Crippen LogP contribution in [0.15, 0.2) is 12.1 Å². The summed E-state index contributed by atoms with van der Waals surface area (Å²) in [6.45, 7) is 2.16. The lowest BCUT2D eigenvalue weighted by molar-refractivity contribution is 0.157. The van der Waals surface area contributed by atoms with Gasteiger partial charge >= 0.3 is 0 Å². The van der Waals surface area contributed by atoms with Crippen LogP contribution in [-0.2, 0) is 0 Å². The lowest BCUT2D eigenvalue weighted by atomic mass is 10.0. The predicted octanol–water partition coefficient (Wildman–Crippen LogP) is 5.28. The molecular formula is C16H23F3O. The summed E-state index contributed by atoms with van der Waals surface area (Å²) < 4.78 is 39.3. The number of benzene rings is 1. The Balaban J connectivity index is 2.33. The molecule has 20 heavy (non-hydrogen) atoms. The molecule has 1 nitrogen and oxygen atoms in total. The Morgan fingerprint density at radius 1 is 0.900 bits per heavy atom. The Labute approximate surface area is 118 Å². The van der Waals surface area contributed by atoms with Gasteiger partial charge < -0.3 is 5.11 Å². The Hall–Kier alpha value is -1.03. The minimum absolute atomic E-state index is 0.158. The lowest BCUT2D eigenvalue weighted by Crippen LogP contribution is -2.04. The van der Waals surface area contributed by atoms with Gasteiger partial charge in [-0.2, -0.15) is 0 Å². The van der Waals surface area contributed by atoms with Gasteiger partial charge in [0.1, 0.15) is 0 Å². The fraction of sp³-hybridized carbons (Fsp3) is 0.625. The summed E-state index contributed by atoms with van der Waals surface area (Å²) in [6, 6.07) is 1.96. The van der Waals surface area contributed by atoms with E-state index in [9.17, 15) is 18.3 Å². The van der Waals surface area contributed by atoms with E-state index in [2.05, 4.69) is 6.92 Å². The van der Waals surface area contributed by atoms with E-state index in [-0.39, 0.29) is 5.56 Å². The van der Waals surface area contributed by atoms with E-state index in [1.165, 1.54) is 25.7 Å². The van der Waals surface area contributed by atoms with Gasteiger partial charge in [0.25, 0.3) is 0 Å². The van der Waals surface area contributed by atoms with Crippen molar-refractivity contribution in [1.82, 2.24) is 0 Å². The van der Waals surface area contributed by atoms with E-state index in [0.717, 1.165) is 31.4 Å². The summed E-state index contributed by atoms with van der Waals surface area (Å²) in [5.74, 6) is -4.02. The van der Waals surface area contributed by atoms with E-state index < -0.39 is 23.6 Å². The van der Waals surface area contributed by atoms with Gasteiger partial charge in [-0.25, -0.2) is 13.2 Å². The minimum atomic E-state index is -1.51. The number of rotatable bonds is 9. The normalized spacial score (nSPS) is 12.7. The van der Waals surface area contributed by atoms with E-state index in [4.69, 9.17) is 0 Å². The van der Waals surface area contributed by atoms with Gasteiger partial charge in [-0.05, 0) is 12.5 Å². The topological polar surface area (TPSA) is 20.2 Å². The minimum Gasteiger partial charge on any atom is -0.388 e. The first-order valence-electron chi connectivity index (χ1n) is 7.39. The first kappa shape index (κ1) is 17.0. The van der Waals surface area contributed by atoms with Crippen LogP contribution >= 0.6 is 0 Å². The zero-order valence-corrected chi connectivity index (χ0v) is 12.0. The van der Waals surface area contributed by atoms with E-state index in [1.54, 1.807) is 0 Å². The van der Waals surface area contributed by atoms with Crippen molar-refractivity contribution in [2.24, 2.45) is 0 Å². The van der Waals surface area contributed by atoms with Gasteiger partial charge in [0.2, 0.25) is 0 Å².